The maximum absolute atomic E-state index is 11.2. The SMILES string of the molecule is C#CCCC(=O)N1CCCC1.C#CCCC(=O)O. The van der Waals surface area contributed by atoms with Crippen molar-refractivity contribution in [2.24, 2.45) is 0 Å². The average molecular weight is 249 g/mol. The molecule has 0 unspecified atom stereocenters. The van der Waals surface area contributed by atoms with E-state index in [-0.39, 0.29) is 12.3 Å². The number of amides is 1. The number of hydrogen-bond donors (Lipinski definition) is 1. The lowest BCUT2D eigenvalue weighted by Crippen LogP contribution is -2.27. The molecule has 18 heavy (non-hydrogen) atoms. The third-order valence-corrected chi connectivity index (χ3v) is 2.43. The van der Waals surface area contributed by atoms with E-state index in [1.807, 2.05) is 4.90 Å². The van der Waals surface area contributed by atoms with Gasteiger partial charge in [0, 0.05) is 32.4 Å². The summed E-state index contributed by atoms with van der Waals surface area (Å²) >= 11 is 0. The van der Waals surface area contributed by atoms with E-state index in [9.17, 15) is 9.59 Å². The number of carboxylic acids is 1. The van der Waals surface area contributed by atoms with Gasteiger partial charge in [-0.15, -0.1) is 24.7 Å². The molecule has 0 aromatic heterocycles. The van der Waals surface area contributed by atoms with E-state index in [0.29, 0.717) is 19.3 Å². The van der Waals surface area contributed by atoms with Crippen LogP contribution in [0.3, 0.4) is 0 Å². The number of aliphatic carboxylic acids is 1. The molecule has 1 fully saturated rings. The van der Waals surface area contributed by atoms with Crippen LogP contribution in [0.25, 0.3) is 0 Å². The second kappa shape index (κ2) is 10.2. The van der Waals surface area contributed by atoms with Gasteiger partial charge in [0.25, 0.3) is 0 Å². The summed E-state index contributed by atoms with van der Waals surface area (Å²) in [5.74, 6) is 4.08. The Morgan fingerprint density at radius 3 is 1.94 bits per heavy atom. The van der Waals surface area contributed by atoms with E-state index in [1.165, 1.54) is 0 Å². The summed E-state index contributed by atoms with van der Waals surface area (Å²) in [5.41, 5.74) is 0. The molecule has 0 atom stereocenters. The fourth-order valence-electron chi connectivity index (χ4n) is 1.48. The minimum absolute atomic E-state index is 0.0799. The van der Waals surface area contributed by atoms with Gasteiger partial charge in [0.15, 0.2) is 0 Å². The molecule has 1 N–H and O–H groups in total. The maximum atomic E-state index is 11.2. The van der Waals surface area contributed by atoms with E-state index in [0.717, 1.165) is 25.9 Å². The lowest BCUT2D eigenvalue weighted by atomic mass is 10.3. The summed E-state index contributed by atoms with van der Waals surface area (Å²) < 4.78 is 0. The molecule has 0 bridgehead atoms. The molecule has 0 aromatic rings. The molecule has 1 heterocycles. The predicted molar refractivity (Wildman–Crippen MR) is 69.6 cm³/mol. The topological polar surface area (TPSA) is 57.6 Å². The van der Waals surface area contributed by atoms with Gasteiger partial charge in [-0.1, -0.05) is 0 Å². The standard InChI is InChI=1S/C9H13NO.C5H6O2/c1-2-3-6-9(11)10-7-4-5-8-10;1-2-3-4-5(6)7/h1H,3-8H2;1H,3-4H2,(H,6,7). The first-order valence-corrected chi connectivity index (χ1v) is 5.98. The quantitative estimate of drug-likeness (QED) is 0.768. The Kier molecular flexibility index (Phi) is 9.13. The summed E-state index contributed by atoms with van der Waals surface area (Å²) in [6.45, 7) is 1.87. The third-order valence-electron chi connectivity index (χ3n) is 2.43. The first kappa shape index (κ1) is 16.1. The zero-order valence-corrected chi connectivity index (χ0v) is 10.5. The zero-order chi connectivity index (χ0) is 13.8. The highest BCUT2D eigenvalue weighted by molar-refractivity contribution is 5.76. The Bertz CT molecular complexity index is 343. The van der Waals surface area contributed by atoms with Crippen LogP contribution < -0.4 is 0 Å². The first-order valence-electron chi connectivity index (χ1n) is 5.98. The van der Waals surface area contributed by atoms with Crippen molar-refractivity contribution in [3.05, 3.63) is 0 Å². The fraction of sp³-hybridized carbons (Fsp3) is 0.571. The van der Waals surface area contributed by atoms with Crippen molar-refractivity contribution in [3.63, 3.8) is 0 Å². The number of hydrogen-bond acceptors (Lipinski definition) is 2. The molecule has 1 saturated heterocycles. The number of likely N-dealkylation sites (tertiary alicyclic amines) is 1. The van der Waals surface area contributed by atoms with Gasteiger partial charge in [-0.2, -0.15) is 0 Å². The normalized spacial score (nSPS) is 12.9. The van der Waals surface area contributed by atoms with E-state index in [2.05, 4.69) is 11.8 Å². The Labute approximate surface area is 108 Å². The fourth-order valence-corrected chi connectivity index (χ4v) is 1.48. The summed E-state index contributed by atoms with van der Waals surface area (Å²) in [4.78, 5) is 22.8. The maximum Gasteiger partial charge on any atom is 0.304 e. The van der Waals surface area contributed by atoms with Crippen LogP contribution in [-0.2, 0) is 9.59 Å². The van der Waals surface area contributed by atoms with Crippen LogP contribution in [-0.4, -0.2) is 35.0 Å². The van der Waals surface area contributed by atoms with Gasteiger partial charge in [0.2, 0.25) is 5.91 Å². The molecule has 0 aliphatic carbocycles. The number of carbonyl (C=O) groups excluding carboxylic acids is 1. The highest BCUT2D eigenvalue weighted by atomic mass is 16.4. The van der Waals surface area contributed by atoms with Gasteiger partial charge in [0.05, 0.1) is 6.42 Å². The van der Waals surface area contributed by atoms with Crippen LogP contribution in [0, 0.1) is 24.7 Å². The van der Waals surface area contributed by atoms with Gasteiger partial charge in [-0.3, -0.25) is 9.59 Å². The lowest BCUT2D eigenvalue weighted by Gasteiger charge is -2.13. The minimum atomic E-state index is -0.835. The van der Waals surface area contributed by atoms with Crippen LogP contribution >= 0.6 is 0 Å². The number of carbonyl (C=O) groups is 2. The molecule has 98 valence electrons. The van der Waals surface area contributed by atoms with Gasteiger partial charge in [0.1, 0.15) is 0 Å². The molecular weight excluding hydrogens is 230 g/mol. The van der Waals surface area contributed by atoms with E-state index < -0.39 is 5.97 Å². The monoisotopic (exact) mass is 249 g/mol. The molecule has 4 nitrogen and oxygen atoms in total. The molecule has 1 rings (SSSR count). The summed E-state index contributed by atoms with van der Waals surface area (Å²) in [7, 11) is 0. The largest absolute Gasteiger partial charge is 0.481 e. The minimum Gasteiger partial charge on any atom is -0.481 e. The molecular formula is C14H19NO3. The number of terminal acetylenes is 2. The van der Waals surface area contributed by atoms with Crippen LogP contribution in [0.1, 0.15) is 38.5 Å². The Balaban J connectivity index is 0.000000360. The summed E-state index contributed by atoms with van der Waals surface area (Å²) in [6, 6.07) is 0. The molecule has 1 aliphatic heterocycles. The van der Waals surface area contributed by atoms with Crippen LogP contribution in [0.2, 0.25) is 0 Å². The third kappa shape index (κ3) is 8.24. The van der Waals surface area contributed by atoms with Crippen molar-refractivity contribution in [3.8, 4) is 24.7 Å². The number of nitrogens with zero attached hydrogens (tertiary/aromatic N) is 1. The van der Waals surface area contributed by atoms with Crippen molar-refractivity contribution >= 4 is 11.9 Å². The molecule has 0 spiro atoms. The molecule has 0 radical (unpaired) electrons. The Hall–Kier alpha value is -1.94. The molecule has 0 aromatic carbocycles. The average Bonchev–Trinajstić information content (AvgIpc) is 2.88. The second-order valence-corrected chi connectivity index (χ2v) is 3.89. The van der Waals surface area contributed by atoms with E-state index >= 15 is 0 Å². The predicted octanol–water partition coefficient (Wildman–Crippen LogP) is 1.51. The van der Waals surface area contributed by atoms with Crippen molar-refractivity contribution in [1.82, 2.24) is 4.90 Å². The Morgan fingerprint density at radius 2 is 1.56 bits per heavy atom. The molecule has 4 heteroatoms. The molecule has 1 aliphatic rings. The van der Waals surface area contributed by atoms with Gasteiger partial charge < -0.3 is 10.0 Å². The van der Waals surface area contributed by atoms with E-state index in [1.54, 1.807) is 0 Å². The van der Waals surface area contributed by atoms with Crippen molar-refractivity contribution in [2.45, 2.75) is 38.5 Å². The second-order valence-electron chi connectivity index (χ2n) is 3.89. The molecule has 1 amide bonds. The zero-order valence-electron chi connectivity index (χ0n) is 10.5. The molecule has 0 saturated carbocycles. The van der Waals surface area contributed by atoms with Crippen LogP contribution in [0.4, 0.5) is 0 Å². The first-order chi connectivity index (χ1) is 8.61. The van der Waals surface area contributed by atoms with Crippen molar-refractivity contribution in [1.29, 1.82) is 0 Å². The van der Waals surface area contributed by atoms with Crippen molar-refractivity contribution in [2.75, 3.05) is 13.1 Å². The lowest BCUT2D eigenvalue weighted by molar-refractivity contribution is -0.137. The summed E-state index contributed by atoms with van der Waals surface area (Å²) in [6.07, 6.45) is 13.6. The highest BCUT2D eigenvalue weighted by Crippen LogP contribution is 2.09. The van der Waals surface area contributed by atoms with E-state index in [4.69, 9.17) is 18.0 Å². The van der Waals surface area contributed by atoms with Crippen molar-refractivity contribution < 1.29 is 14.7 Å². The van der Waals surface area contributed by atoms with Gasteiger partial charge in [-0.25, -0.2) is 0 Å². The smallest absolute Gasteiger partial charge is 0.304 e. The number of carboxylic acid groups (broad SMARTS) is 1. The highest BCUT2D eigenvalue weighted by Gasteiger charge is 2.16. The number of rotatable bonds is 4. The van der Waals surface area contributed by atoms with Gasteiger partial charge in [-0.05, 0) is 12.8 Å². The van der Waals surface area contributed by atoms with Gasteiger partial charge >= 0.3 is 5.97 Å². The summed E-state index contributed by atoms with van der Waals surface area (Å²) in [5, 5.41) is 7.95. The van der Waals surface area contributed by atoms with Crippen LogP contribution in [0.15, 0.2) is 0 Å². The van der Waals surface area contributed by atoms with Crippen LogP contribution in [0.5, 0.6) is 0 Å². The Morgan fingerprint density at radius 1 is 1.06 bits per heavy atom.